The molecule has 1 aliphatic heterocycles. The van der Waals surface area contributed by atoms with E-state index in [1.807, 2.05) is 47.6 Å². The Labute approximate surface area is 189 Å². The molecule has 3 heterocycles. The van der Waals surface area contributed by atoms with E-state index in [-0.39, 0.29) is 24.7 Å². The van der Waals surface area contributed by atoms with E-state index in [2.05, 4.69) is 20.2 Å². The number of carbonyl (C=O) groups is 2. The lowest BCUT2D eigenvalue weighted by Crippen LogP contribution is -2.35. The molecule has 1 N–H and O–H groups in total. The minimum atomic E-state index is -0.134. The summed E-state index contributed by atoms with van der Waals surface area (Å²) in [7, 11) is 0. The highest BCUT2D eigenvalue weighted by Crippen LogP contribution is 2.27. The molecule has 0 bridgehead atoms. The fourth-order valence-corrected chi connectivity index (χ4v) is 4.97. The third-order valence-electron chi connectivity index (χ3n) is 5.19. The standard InChI is InChI=1S/C22H25N5O2S2/c1-30-17-6-2-5-16(15-17)24-19(28)8-9-20(29)26-11-4-12-27(14-13-26)22-25-18-7-3-10-23-21(18)31-22/h2-3,5-7,10,15H,4,8-9,11-14H2,1H3,(H,24,28). The minimum Gasteiger partial charge on any atom is -0.346 e. The van der Waals surface area contributed by atoms with Crippen LogP contribution in [0.5, 0.6) is 0 Å². The van der Waals surface area contributed by atoms with Gasteiger partial charge < -0.3 is 15.1 Å². The van der Waals surface area contributed by atoms with Crippen LogP contribution in [0.4, 0.5) is 10.8 Å². The molecule has 0 radical (unpaired) electrons. The number of hydrogen-bond donors (Lipinski definition) is 1. The maximum absolute atomic E-state index is 12.7. The maximum atomic E-state index is 12.7. The topological polar surface area (TPSA) is 78.4 Å². The molecule has 0 spiro atoms. The molecule has 0 saturated carbocycles. The molecule has 2 amide bonds. The van der Waals surface area contributed by atoms with Crippen molar-refractivity contribution in [2.45, 2.75) is 24.2 Å². The van der Waals surface area contributed by atoms with Crippen LogP contribution >= 0.6 is 23.1 Å². The molecule has 1 aromatic carbocycles. The molecule has 0 unspecified atom stereocenters. The summed E-state index contributed by atoms with van der Waals surface area (Å²) >= 11 is 3.21. The number of aromatic nitrogens is 2. The first-order valence-electron chi connectivity index (χ1n) is 10.3. The first-order valence-corrected chi connectivity index (χ1v) is 12.3. The van der Waals surface area contributed by atoms with Crippen LogP contribution in [0.2, 0.25) is 0 Å². The van der Waals surface area contributed by atoms with Crippen LogP contribution in [0, 0.1) is 0 Å². The van der Waals surface area contributed by atoms with Crippen molar-refractivity contribution in [1.29, 1.82) is 0 Å². The number of thiazole rings is 1. The average Bonchev–Trinajstić information content (AvgIpc) is 3.07. The van der Waals surface area contributed by atoms with Crippen LogP contribution in [-0.4, -0.2) is 59.1 Å². The summed E-state index contributed by atoms with van der Waals surface area (Å²) in [5.41, 5.74) is 1.67. The number of fused-ring (bicyclic) bond motifs is 1. The fraction of sp³-hybridized carbons (Fsp3) is 0.364. The summed E-state index contributed by atoms with van der Waals surface area (Å²) in [4.78, 5) is 40.1. The Kier molecular flexibility index (Phi) is 7.03. The molecule has 1 aliphatic rings. The molecule has 7 nitrogen and oxygen atoms in total. The summed E-state index contributed by atoms with van der Waals surface area (Å²) in [5, 5.41) is 3.84. The summed E-state index contributed by atoms with van der Waals surface area (Å²) in [6.07, 6.45) is 5.06. The van der Waals surface area contributed by atoms with Crippen molar-refractivity contribution in [3.05, 3.63) is 42.6 Å². The quantitative estimate of drug-likeness (QED) is 0.569. The van der Waals surface area contributed by atoms with Gasteiger partial charge in [-0.1, -0.05) is 17.4 Å². The van der Waals surface area contributed by atoms with Gasteiger partial charge in [0, 0.05) is 55.8 Å². The predicted molar refractivity (Wildman–Crippen MR) is 127 cm³/mol. The van der Waals surface area contributed by atoms with Crippen LogP contribution < -0.4 is 10.2 Å². The number of anilines is 2. The number of pyridine rings is 1. The molecule has 9 heteroatoms. The Morgan fingerprint density at radius 1 is 1.13 bits per heavy atom. The van der Waals surface area contributed by atoms with Crippen molar-refractivity contribution in [3.8, 4) is 0 Å². The Morgan fingerprint density at radius 2 is 2.03 bits per heavy atom. The van der Waals surface area contributed by atoms with Crippen LogP contribution in [0.15, 0.2) is 47.5 Å². The van der Waals surface area contributed by atoms with E-state index >= 15 is 0 Å². The lowest BCUT2D eigenvalue weighted by molar-refractivity contribution is -0.132. The lowest BCUT2D eigenvalue weighted by Gasteiger charge is -2.21. The van der Waals surface area contributed by atoms with Crippen LogP contribution in [-0.2, 0) is 9.59 Å². The molecule has 1 saturated heterocycles. The van der Waals surface area contributed by atoms with Gasteiger partial charge in [0.15, 0.2) is 5.13 Å². The third kappa shape index (κ3) is 5.54. The van der Waals surface area contributed by atoms with Gasteiger partial charge in [0.1, 0.15) is 10.3 Å². The highest BCUT2D eigenvalue weighted by atomic mass is 32.2. The van der Waals surface area contributed by atoms with Gasteiger partial charge in [0.2, 0.25) is 11.8 Å². The fourth-order valence-electron chi connectivity index (χ4n) is 3.55. The van der Waals surface area contributed by atoms with Gasteiger partial charge in [-0.2, -0.15) is 0 Å². The molecule has 4 rings (SSSR count). The highest BCUT2D eigenvalue weighted by Gasteiger charge is 2.21. The number of amides is 2. The number of nitrogens with zero attached hydrogens (tertiary/aromatic N) is 4. The molecule has 2 aromatic heterocycles. The zero-order valence-electron chi connectivity index (χ0n) is 17.4. The van der Waals surface area contributed by atoms with E-state index in [1.54, 1.807) is 29.3 Å². The van der Waals surface area contributed by atoms with E-state index in [1.165, 1.54) is 0 Å². The highest BCUT2D eigenvalue weighted by molar-refractivity contribution is 7.98. The molecule has 162 valence electrons. The van der Waals surface area contributed by atoms with Crippen molar-refractivity contribution in [1.82, 2.24) is 14.9 Å². The van der Waals surface area contributed by atoms with E-state index in [4.69, 9.17) is 0 Å². The van der Waals surface area contributed by atoms with Crippen LogP contribution in [0.1, 0.15) is 19.3 Å². The maximum Gasteiger partial charge on any atom is 0.224 e. The van der Waals surface area contributed by atoms with E-state index < -0.39 is 0 Å². The normalized spacial score (nSPS) is 14.5. The number of nitrogens with one attached hydrogen (secondary N) is 1. The Morgan fingerprint density at radius 3 is 2.87 bits per heavy atom. The number of hydrogen-bond acceptors (Lipinski definition) is 7. The summed E-state index contributed by atoms with van der Waals surface area (Å²) in [6, 6.07) is 11.6. The van der Waals surface area contributed by atoms with E-state index in [9.17, 15) is 9.59 Å². The Bertz CT molecular complexity index is 1040. The number of rotatable bonds is 6. The van der Waals surface area contributed by atoms with Crippen LogP contribution in [0.25, 0.3) is 10.3 Å². The molecule has 3 aromatic rings. The number of carbonyl (C=O) groups excluding carboxylic acids is 2. The Balaban J connectivity index is 1.27. The number of benzene rings is 1. The van der Waals surface area contributed by atoms with Crippen molar-refractivity contribution >= 4 is 56.1 Å². The lowest BCUT2D eigenvalue weighted by atomic mass is 10.2. The first-order chi connectivity index (χ1) is 15.1. The molecule has 0 atom stereocenters. The molecular formula is C22H25N5O2S2. The molecular weight excluding hydrogens is 430 g/mol. The second kappa shape index (κ2) is 10.1. The summed E-state index contributed by atoms with van der Waals surface area (Å²) in [6.45, 7) is 2.94. The second-order valence-electron chi connectivity index (χ2n) is 7.33. The smallest absolute Gasteiger partial charge is 0.224 e. The van der Waals surface area contributed by atoms with E-state index in [0.717, 1.165) is 45.6 Å². The van der Waals surface area contributed by atoms with Crippen molar-refractivity contribution in [2.24, 2.45) is 0 Å². The van der Waals surface area contributed by atoms with Crippen molar-refractivity contribution in [2.75, 3.05) is 42.7 Å². The van der Waals surface area contributed by atoms with Crippen molar-refractivity contribution in [3.63, 3.8) is 0 Å². The van der Waals surface area contributed by atoms with Gasteiger partial charge in [0.05, 0.1) is 0 Å². The average molecular weight is 456 g/mol. The van der Waals surface area contributed by atoms with Crippen LogP contribution in [0.3, 0.4) is 0 Å². The zero-order valence-corrected chi connectivity index (χ0v) is 19.0. The van der Waals surface area contributed by atoms with Gasteiger partial charge in [-0.25, -0.2) is 9.97 Å². The molecule has 1 fully saturated rings. The Hall–Kier alpha value is -2.65. The molecule has 31 heavy (non-hydrogen) atoms. The number of thioether (sulfide) groups is 1. The van der Waals surface area contributed by atoms with E-state index in [0.29, 0.717) is 13.1 Å². The monoisotopic (exact) mass is 455 g/mol. The SMILES string of the molecule is CSc1cccc(NC(=O)CCC(=O)N2CCCN(c3nc4cccnc4s3)CC2)c1. The van der Waals surface area contributed by atoms with Gasteiger partial charge in [-0.3, -0.25) is 9.59 Å². The van der Waals surface area contributed by atoms with Gasteiger partial charge >= 0.3 is 0 Å². The largest absolute Gasteiger partial charge is 0.346 e. The predicted octanol–water partition coefficient (Wildman–Crippen LogP) is 3.87. The summed E-state index contributed by atoms with van der Waals surface area (Å²) in [5.74, 6) is -0.106. The van der Waals surface area contributed by atoms with Gasteiger partial charge in [-0.15, -0.1) is 11.8 Å². The summed E-state index contributed by atoms with van der Waals surface area (Å²) < 4.78 is 0. The molecule has 0 aliphatic carbocycles. The van der Waals surface area contributed by atoms with Gasteiger partial charge in [-0.05, 0) is 43.0 Å². The van der Waals surface area contributed by atoms with Gasteiger partial charge in [0.25, 0.3) is 0 Å². The third-order valence-corrected chi connectivity index (χ3v) is 6.96. The van der Waals surface area contributed by atoms with Crippen molar-refractivity contribution < 1.29 is 9.59 Å². The zero-order chi connectivity index (χ0) is 21.6. The second-order valence-corrected chi connectivity index (χ2v) is 9.16. The minimum absolute atomic E-state index is 0.0285. The first kappa shape index (κ1) is 21.6.